The fraction of sp³-hybridized carbons (Fsp3) is 0.0952. The Kier molecular flexibility index (Phi) is 3.75. The number of hydrazone groups is 1. The van der Waals surface area contributed by atoms with E-state index in [9.17, 15) is 5.11 Å². The minimum atomic E-state index is 0.178. The monoisotopic (exact) mass is 314 g/mol. The summed E-state index contributed by atoms with van der Waals surface area (Å²) in [6.07, 6.45) is 0.837. The quantitative estimate of drug-likeness (QED) is 0.757. The first-order chi connectivity index (χ1) is 11.8. The molecule has 3 nitrogen and oxygen atoms in total. The molecule has 1 aliphatic rings. The summed E-state index contributed by atoms with van der Waals surface area (Å²) >= 11 is 0. The summed E-state index contributed by atoms with van der Waals surface area (Å²) in [5.74, 6) is 0.275. The molecule has 0 aliphatic carbocycles. The number of phenolic OH excluding ortho intramolecular Hbond substituents is 1. The van der Waals surface area contributed by atoms with Crippen LogP contribution in [0.5, 0.6) is 5.75 Å². The Hall–Kier alpha value is -3.07. The van der Waals surface area contributed by atoms with Crippen LogP contribution in [0.15, 0.2) is 90.0 Å². The number of para-hydroxylation sites is 1. The van der Waals surface area contributed by atoms with Gasteiger partial charge in [0, 0.05) is 6.42 Å². The fourth-order valence-electron chi connectivity index (χ4n) is 3.09. The first-order valence-corrected chi connectivity index (χ1v) is 8.07. The molecule has 0 spiro atoms. The van der Waals surface area contributed by atoms with E-state index >= 15 is 0 Å². The molecule has 3 aromatic carbocycles. The van der Waals surface area contributed by atoms with Gasteiger partial charge >= 0.3 is 0 Å². The molecule has 0 amide bonds. The smallest absolute Gasteiger partial charge is 0.115 e. The first-order valence-electron chi connectivity index (χ1n) is 8.07. The normalized spacial score (nSPS) is 16.9. The molecular formula is C21H18N2O. The van der Waals surface area contributed by atoms with Gasteiger partial charge in [0.2, 0.25) is 0 Å². The van der Waals surface area contributed by atoms with Crippen LogP contribution in [0.25, 0.3) is 0 Å². The van der Waals surface area contributed by atoms with Crippen molar-refractivity contribution in [1.82, 2.24) is 0 Å². The van der Waals surface area contributed by atoms with Crippen LogP contribution in [0, 0.1) is 0 Å². The van der Waals surface area contributed by atoms with Crippen molar-refractivity contribution in [3.63, 3.8) is 0 Å². The average Bonchev–Trinajstić information content (AvgIpc) is 3.09. The third-order valence-electron chi connectivity index (χ3n) is 4.32. The van der Waals surface area contributed by atoms with Gasteiger partial charge < -0.3 is 5.11 Å². The maximum Gasteiger partial charge on any atom is 0.115 e. The Morgan fingerprint density at radius 3 is 2.08 bits per heavy atom. The van der Waals surface area contributed by atoms with Gasteiger partial charge in [0.1, 0.15) is 5.75 Å². The van der Waals surface area contributed by atoms with Crippen LogP contribution in [0.1, 0.15) is 23.6 Å². The second-order valence-electron chi connectivity index (χ2n) is 5.90. The summed E-state index contributed by atoms with van der Waals surface area (Å²) in [5, 5.41) is 16.5. The molecule has 3 heteroatoms. The lowest BCUT2D eigenvalue weighted by Crippen LogP contribution is -2.18. The summed E-state index contributed by atoms with van der Waals surface area (Å²) in [4.78, 5) is 0. The first kappa shape index (κ1) is 14.5. The maximum absolute atomic E-state index is 9.51. The molecule has 118 valence electrons. The summed E-state index contributed by atoms with van der Waals surface area (Å²) in [5.41, 5.74) is 4.42. The minimum Gasteiger partial charge on any atom is -0.508 e. The summed E-state index contributed by atoms with van der Waals surface area (Å²) in [6.45, 7) is 0. The van der Waals surface area contributed by atoms with Crippen LogP contribution >= 0.6 is 0 Å². The Morgan fingerprint density at radius 1 is 0.792 bits per heavy atom. The van der Waals surface area contributed by atoms with Gasteiger partial charge in [0.25, 0.3) is 0 Å². The SMILES string of the molecule is Oc1ccc(C2=NN(c3ccccc3)C(c3ccccc3)C2)cc1. The highest BCUT2D eigenvalue weighted by atomic mass is 16.3. The van der Waals surface area contributed by atoms with E-state index in [1.165, 1.54) is 5.56 Å². The number of aromatic hydroxyl groups is 1. The van der Waals surface area contributed by atoms with E-state index in [-0.39, 0.29) is 11.8 Å². The number of benzene rings is 3. The summed E-state index contributed by atoms with van der Waals surface area (Å²) in [6, 6.07) is 28.2. The van der Waals surface area contributed by atoms with E-state index in [1.807, 2.05) is 36.4 Å². The van der Waals surface area contributed by atoms with Crippen LogP contribution in [0.4, 0.5) is 5.69 Å². The number of anilines is 1. The van der Waals surface area contributed by atoms with E-state index in [1.54, 1.807) is 12.1 Å². The highest BCUT2D eigenvalue weighted by molar-refractivity contribution is 6.03. The molecule has 1 heterocycles. The zero-order valence-corrected chi connectivity index (χ0v) is 13.2. The Labute approximate surface area is 141 Å². The van der Waals surface area contributed by atoms with Gasteiger partial charge in [-0.05, 0) is 47.5 Å². The topological polar surface area (TPSA) is 35.8 Å². The van der Waals surface area contributed by atoms with Crippen LogP contribution in [-0.2, 0) is 0 Å². The van der Waals surface area contributed by atoms with Gasteiger partial charge in [0.15, 0.2) is 0 Å². The zero-order chi connectivity index (χ0) is 16.4. The van der Waals surface area contributed by atoms with Crippen LogP contribution < -0.4 is 5.01 Å². The molecule has 0 bridgehead atoms. The standard InChI is InChI=1S/C21H18N2O/c24-19-13-11-16(12-14-19)20-15-21(17-7-3-1-4-8-17)23(22-20)18-9-5-2-6-10-18/h1-14,21,24H,15H2. The average molecular weight is 314 g/mol. The number of nitrogens with zero attached hydrogens (tertiary/aromatic N) is 2. The predicted molar refractivity (Wildman–Crippen MR) is 97.4 cm³/mol. The number of phenols is 1. The Bertz CT molecular complexity index is 842. The van der Waals surface area contributed by atoms with E-state index < -0.39 is 0 Å². The molecule has 0 aromatic heterocycles. The Balaban J connectivity index is 1.74. The highest BCUT2D eigenvalue weighted by Crippen LogP contribution is 2.36. The van der Waals surface area contributed by atoms with Crippen molar-refractivity contribution in [2.24, 2.45) is 5.10 Å². The van der Waals surface area contributed by atoms with Crippen molar-refractivity contribution >= 4 is 11.4 Å². The van der Waals surface area contributed by atoms with E-state index in [0.717, 1.165) is 23.4 Å². The van der Waals surface area contributed by atoms with Crippen molar-refractivity contribution in [3.05, 3.63) is 96.1 Å². The molecule has 24 heavy (non-hydrogen) atoms. The molecule has 3 aromatic rings. The third kappa shape index (κ3) is 2.76. The van der Waals surface area contributed by atoms with Gasteiger partial charge in [-0.1, -0.05) is 48.5 Å². The van der Waals surface area contributed by atoms with Crippen molar-refractivity contribution < 1.29 is 5.11 Å². The van der Waals surface area contributed by atoms with Crippen LogP contribution in [-0.4, -0.2) is 10.8 Å². The van der Waals surface area contributed by atoms with Gasteiger partial charge in [-0.2, -0.15) is 5.10 Å². The summed E-state index contributed by atoms with van der Waals surface area (Å²) in [7, 11) is 0. The lowest BCUT2D eigenvalue weighted by Gasteiger charge is -2.23. The number of hydrogen-bond acceptors (Lipinski definition) is 3. The Morgan fingerprint density at radius 2 is 1.42 bits per heavy atom. The molecule has 1 unspecified atom stereocenters. The van der Waals surface area contributed by atoms with Crippen molar-refractivity contribution in [2.75, 3.05) is 5.01 Å². The van der Waals surface area contributed by atoms with E-state index in [2.05, 4.69) is 41.4 Å². The van der Waals surface area contributed by atoms with Gasteiger partial charge in [-0.25, -0.2) is 0 Å². The second kappa shape index (κ2) is 6.20. The number of hydrogen-bond donors (Lipinski definition) is 1. The van der Waals surface area contributed by atoms with Crippen LogP contribution in [0.2, 0.25) is 0 Å². The second-order valence-corrected chi connectivity index (χ2v) is 5.90. The molecule has 1 aliphatic heterocycles. The minimum absolute atomic E-state index is 0.178. The fourth-order valence-corrected chi connectivity index (χ4v) is 3.09. The predicted octanol–water partition coefficient (Wildman–Crippen LogP) is 4.75. The molecule has 0 saturated heterocycles. The van der Waals surface area contributed by atoms with E-state index in [4.69, 9.17) is 5.10 Å². The van der Waals surface area contributed by atoms with Crippen molar-refractivity contribution in [1.29, 1.82) is 0 Å². The van der Waals surface area contributed by atoms with Gasteiger partial charge in [-0.15, -0.1) is 0 Å². The van der Waals surface area contributed by atoms with E-state index in [0.29, 0.717) is 0 Å². The lowest BCUT2D eigenvalue weighted by atomic mass is 9.98. The molecule has 1 atom stereocenters. The lowest BCUT2D eigenvalue weighted by molar-refractivity contribution is 0.475. The molecular weight excluding hydrogens is 296 g/mol. The van der Waals surface area contributed by atoms with Gasteiger partial charge in [0.05, 0.1) is 17.4 Å². The van der Waals surface area contributed by atoms with Gasteiger partial charge in [-0.3, -0.25) is 5.01 Å². The van der Waals surface area contributed by atoms with Crippen molar-refractivity contribution in [2.45, 2.75) is 12.5 Å². The molecule has 1 N–H and O–H groups in total. The highest BCUT2D eigenvalue weighted by Gasteiger charge is 2.29. The molecule has 0 radical (unpaired) electrons. The zero-order valence-electron chi connectivity index (χ0n) is 13.2. The van der Waals surface area contributed by atoms with Crippen molar-refractivity contribution in [3.8, 4) is 5.75 Å². The molecule has 4 rings (SSSR count). The summed E-state index contributed by atoms with van der Waals surface area (Å²) < 4.78 is 0. The molecule has 0 fully saturated rings. The molecule has 0 saturated carbocycles. The largest absolute Gasteiger partial charge is 0.508 e. The maximum atomic E-state index is 9.51. The number of rotatable bonds is 3. The van der Waals surface area contributed by atoms with Crippen LogP contribution in [0.3, 0.4) is 0 Å². The third-order valence-corrected chi connectivity index (χ3v) is 4.32.